The minimum atomic E-state index is -0.663. The van der Waals surface area contributed by atoms with Crippen LogP contribution in [0.1, 0.15) is 43.2 Å². The maximum absolute atomic E-state index is 13.1. The molecule has 2 fully saturated rings. The van der Waals surface area contributed by atoms with E-state index in [9.17, 15) is 9.59 Å². The van der Waals surface area contributed by atoms with Crippen molar-refractivity contribution in [2.75, 3.05) is 11.4 Å². The molecule has 2 aliphatic rings. The number of hydrogen-bond donors (Lipinski definition) is 1. The number of rotatable bonds is 1. The zero-order chi connectivity index (χ0) is 15.0. The number of benzene rings is 1. The highest BCUT2D eigenvalue weighted by Crippen LogP contribution is 2.35. The minimum Gasteiger partial charge on any atom is -0.342 e. The molecule has 0 aromatic heterocycles. The normalized spacial score (nSPS) is 21.5. The molecule has 1 saturated carbocycles. The zero-order valence-electron chi connectivity index (χ0n) is 12.7. The molecule has 1 aromatic rings. The predicted molar refractivity (Wildman–Crippen MR) is 82.2 cm³/mol. The predicted octanol–water partition coefficient (Wildman–Crippen LogP) is 2.47. The Balaban J connectivity index is 2.03. The molecule has 0 bridgehead atoms. The van der Waals surface area contributed by atoms with Gasteiger partial charge >= 0.3 is 0 Å². The lowest BCUT2D eigenvalue weighted by Crippen LogP contribution is -2.55. The maximum atomic E-state index is 13.1. The first kappa shape index (κ1) is 14.1. The Morgan fingerprint density at radius 3 is 2.57 bits per heavy atom. The number of carbonyl (C=O) groups excluding carboxylic acids is 2. The van der Waals surface area contributed by atoms with Gasteiger partial charge in [-0.15, -0.1) is 0 Å². The van der Waals surface area contributed by atoms with Gasteiger partial charge in [-0.1, -0.05) is 25.0 Å². The fraction of sp³-hybridized carbons (Fsp3) is 0.529. The maximum Gasteiger partial charge on any atom is 0.252 e. The van der Waals surface area contributed by atoms with E-state index in [1.54, 1.807) is 0 Å². The van der Waals surface area contributed by atoms with Gasteiger partial charge < -0.3 is 10.2 Å². The highest BCUT2D eigenvalue weighted by atomic mass is 16.2. The van der Waals surface area contributed by atoms with Crippen LogP contribution in [0, 0.1) is 13.8 Å². The first-order chi connectivity index (χ1) is 10.0. The highest BCUT2D eigenvalue weighted by Gasteiger charge is 2.46. The lowest BCUT2D eigenvalue weighted by Gasteiger charge is -2.32. The van der Waals surface area contributed by atoms with Crippen molar-refractivity contribution in [1.29, 1.82) is 0 Å². The second kappa shape index (κ2) is 5.17. The molecule has 1 spiro atoms. The summed E-state index contributed by atoms with van der Waals surface area (Å²) in [5.41, 5.74) is 2.57. The van der Waals surface area contributed by atoms with Gasteiger partial charge in [-0.25, -0.2) is 0 Å². The number of aryl methyl sites for hydroxylation is 1. The molecule has 0 atom stereocenters. The summed E-state index contributed by atoms with van der Waals surface area (Å²) in [7, 11) is 0. The monoisotopic (exact) mass is 286 g/mol. The molecule has 112 valence electrons. The van der Waals surface area contributed by atoms with Gasteiger partial charge in [0, 0.05) is 18.7 Å². The molecule has 3 rings (SSSR count). The average Bonchev–Trinajstić information content (AvgIpc) is 2.88. The average molecular weight is 286 g/mol. The lowest BCUT2D eigenvalue weighted by atomic mass is 9.95. The standard InChI is InChI=1S/C17H22N2O2/c1-12-6-5-7-14(13(12)2)19-11-8-15(20)18-17(16(19)21)9-3-4-10-17/h5-7H,3-4,8-11H2,1-2H3,(H,18,20). The lowest BCUT2D eigenvalue weighted by molar-refractivity contribution is -0.129. The molecular formula is C17H22N2O2. The Labute approximate surface area is 125 Å². The van der Waals surface area contributed by atoms with Crippen molar-refractivity contribution < 1.29 is 9.59 Å². The van der Waals surface area contributed by atoms with Crippen LogP contribution in [0.15, 0.2) is 18.2 Å². The molecule has 1 N–H and O–H groups in total. The van der Waals surface area contributed by atoms with Crippen molar-refractivity contribution in [1.82, 2.24) is 5.32 Å². The first-order valence-electron chi connectivity index (χ1n) is 7.73. The van der Waals surface area contributed by atoms with Gasteiger partial charge in [-0.3, -0.25) is 9.59 Å². The summed E-state index contributed by atoms with van der Waals surface area (Å²) in [6.07, 6.45) is 3.91. The molecule has 1 saturated heterocycles. The van der Waals surface area contributed by atoms with E-state index in [0.29, 0.717) is 13.0 Å². The Morgan fingerprint density at radius 1 is 1.14 bits per heavy atom. The largest absolute Gasteiger partial charge is 0.342 e. The van der Waals surface area contributed by atoms with Crippen molar-refractivity contribution in [2.24, 2.45) is 0 Å². The number of nitrogens with one attached hydrogen (secondary N) is 1. The van der Waals surface area contributed by atoms with Gasteiger partial charge in [0.1, 0.15) is 5.54 Å². The third kappa shape index (κ3) is 2.33. The second-order valence-electron chi connectivity index (χ2n) is 6.26. The van der Waals surface area contributed by atoms with Gasteiger partial charge in [0.2, 0.25) is 5.91 Å². The fourth-order valence-electron chi connectivity index (χ4n) is 3.53. The van der Waals surface area contributed by atoms with E-state index >= 15 is 0 Å². The van der Waals surface area contributed by atoms with Gasteiger partial charge in [-0.05, 0) is 43.9 Å². The molecule has 21 heavy (non-hydrogen) atoms. The smallest absolute Gasteiger partial charge is 0.252 e. The summed E-state index contributed by atoms with van der Waals surface area (Å²) >= 11 is 0. The molecule has 2 amide bonds. The van der Waals surface area contributed by atoms with Crippen molar-refractivity contribution in [3.8, 4) is 0 Å². The summed E-state index contributed by atoms with van der Waals surface area (Å²) in [5, 5.41) is 3.01. The fourth-order valence-corrected chi connectivity index (χ4v) is 3.53. The van der Waals surface area contributed by atoms with Gasteiger partial charge in [0.25, 0.3) is 5.91 Å². The van der Waals surface area contributed by atoms with Gasteiger partial charge in [-0.2, -0.15) is 0 Å². The molecule has 1 heterocycles. The summed E-state index contributed by atoms with van der Waals surface area (Å²) < 4.78 is 0. The molecule has 1 aromatic carbocycles. The van der Waals surface area contributed by atoms with E-state index in [2.05, 4.69) is 18.3 Å². The van der Waals surface area contributed by atoms with Crippen LogP contribution in [0.25, 0.3) is 0 Å². The molecule has 1 aliphatic heterocycles. The van der Waals surface area contributed by atoms with Crippen LogP contribution < -0.4 is 10.2 Å². The molecular weight excluding hydrogens is 264 g/mol. The van der Waals surface area contributed by atoms with Crippen molar-refractivity contribution in [3.05, 3.63) is 29.3 Å². The Hall–Kier alpha value is -1.84. The minimum absolute atomic E-state index is 0.00180. The third-order valence-corrected chi connectivity index (χ3v) is 4.92. The molecule has 0 radical (unpaired) electrons. The van der Waals surface area contributed by atoms with Crippen molar-refractivity contribution in [2.45, 2.75) is 51.5 Å². The van der Waals surface area contributed by atoms with Crippen LogP contribution in [0.4, 0.5) is 5.69 Å². The van der Waals surface area contributed by atoms with Gasteiger partial charge in [0.05, 0.1) is 0 Å². The quantitative estimate of drug-likeness (QED) is 0.862. The van der Waals surface area contributed by atoms with E-state index in [0.717, 1.165) is 36.9 Å². The van der Waals surface area contributed by atoms with Crippen molar-refractivity contribution in [3.63, 3.8) is 0 Å². The number of amides is 2. The summed E-state index contributed by atoms with van der Waals surface area (Å²) in [4.78, 5) is 26.9. The van der Waals surface area contributed by atoms with Crippen LogP contribution >= 0.6 is 0 Å². The Morgan fingerprint density at radius 2 is 1.86 bits per heavy atom. The van der Waals surface area contributed by atoms with Crippen molar-refractivity contribution >= 4 is 17.5 Å². The molecule has 1 aliphatic carbocycles. The number of nitrogens with zero attached hydrogens (tertiary/aromatic N) is 1. The summed E-state index contributed by atoms with van der Waals surface area (Å²) in [5.74, 6) is 0.0672. The summed E-state index contributed by atoms with van der Waals surface area (Å²) in [6, 6.07) is 6.01. The van der Waals surface area contributed by atoms with Crippen LogP contribution in [-0.4, -0.2) is 23.9 Å². The summed E-state index contributed by atoms with van der Waals surface area (Å²) in [6.45, 7) is 4.56. The van der Waals surface area contributed by atoms with E-state index < -0.39 is 5.54 Å². The highest BCUT2D eigenvalue weighted by molar-refractivity contribution is 6.05. The molecule has 4 heteroatoms. The van der Waals surface area contributed by atoms with E-state index in [1.807, 2.05) is 24.0 Å². The zero-order valence-corrected chi connectivity index (χ0v) is 12.7. The number of carbonyl (C=O) groups is 2. The number of anilines is 1. The Bertz CT molecular complexity index is 588. The van der Waals surface area contributed by atoms with Crippen LogP contribution in [0.5, 0.6) is 0 Å². The van der Waals surface area contributed by atoms with Crippen LogP contribution in [0.3, 0.4) is 0 Å². The van der Waals surface area contributed by atoms with E-state index in [-0.39, 0.29) is 11.8 Å². The first-order valence-corrected chi connectivity index (χ1v) is 7.73. The van der Waals surface area contributed by atoms with Gasteiger partial charge in [0.15, 0.2) is 0 Å². The third-order valence-electron chi connectivity index (χ3n) is 4.92. The Kier molecular flexibility index (Phi) is 3.47. The van der Waals surface area contributed by atoms with Crippen LogP contribution in [0.2, 0.25) is 0 Å². The topological polar surface area (TPSA) is 49.4 Å². The van der Waals surface area contributed by atoms with E-state index in [1.165, 1.54) is 5.56 Å². The van der Waals surface area contributed by atoms with Crippen LogP contribution in [-0.2, 0) is 9.59 Å². The van der Waals surface area contributed by atoms with E-state index in [4.69, 9.17) is 0 Å². The molecule has 4 nitrogen and oxygen atoms in total. The SMILES string of the molecule is Cc1cccc(N2CCC(=O)NC3(CCCC3)C2=O)c1C. The number of hydrogen-bond acceptors (Lipinski definition) is 2. The second-order valence-corrected chi connectivity index (χ2v) is 6.26. The molecule has 0 unspecified atom stereocenters.